The molecule has 0 aliphatic rings. The van der Waals surface area contributed by atoms with Crippen LogP contribution in [-0.2, 0) is 14.3 Å². The van der Waals surface area contributed by atoms with Gasteiger partial charge in [0.05, 0.1) is 7.11 Å². The van der Waals surface area contributed by atoms with Crippen molar-refractivity contribution in [2.24, 2.45) is 5.92 Å². The first-order chi connectivity index (χ1) is 7.71. The van der Waals surface area contributed by atoms with E-state index in [1.165, 1.54) is 7.11 Å². The second kappa shape index (κ2) is 6.44. The van der Waals surface area contributed by atoms with E-state index in [4.69, 9.17) is 9.84 Å². The summed E-state index contributed by atoms with van der Waals surface area (Å²) in [6, 6.07) is -0.917. The minimum absolute atomic E-state index is 0.241. The van der Waals surface area contributed by atoms with Crippen molar-refractivity contribution in [1.82, 2.24) is 5.32 Å². The first-order valence-electron chi connectivity index (χ1n) is 5.39. The normalized spacial score (nSPS) is 14.7. The van der Waals surface area contributed by atoms with E-state index in [0.29, 0.717) is 0 Å². The van der Waals surface area contributed by atoms with Gasteiger partial charge in [0, 0.05) is 12.5 Å². The summed E-state index contributed by atoms with van der Waals surface area (Å²) in [5.74, 6) is -1.06. The van der Waals surface area contributed by atoms with Gasteiger partial charge in [-0.25, -0.2) is 9.59 Å². The predicted octanol–water partition coefficient (Wildman–Crippen LogP) is 0.681. The Morgan fingerprint density at radius 2 is 1.88 bits per heavy atom. The highest BCUT2D eigenvalue weighted by molar-refractivity contribution is 5.81. The Morgan fingerprint density at radius 3 is 2.24 bits per heavy atom. The Kier molecular flexibility index (Phi) is 5.95. The zero-order valence-corrected chi connectivity index (χ0v) is 10.9. The molecule has 2 atom stereocenters. The lowest BCUT2D eigenvalue weighted by Gasteiger charge is -2.24. The van der Waals surface area contributed by atoms with Crippen molar-refractivity contribution >= 4 is 12.1 Å². The zero-order chi connectivity index (χ0) is 13.6. The van der Waals surface area contributed by atoms with Gasteiger partial charge in [-0.05, 0) is 20.8 Å². The van der Waals surface area contributed by atoms with E-state index in [0.717, 1.165) is 0 Å². The molecule has 0 saturated carbocycles. The van der Waals surface area contributed by atoms with Crippen LogP contribution in [0.15, 0.2) is 0 Å². The second-order valence-electron chi connectivity index (χ2n) is 4.81. The van der Waals surface area contributed by atoms with Gasteiger partial charge in [0.2, 0.25) is 0 Å². The van der Waals surface area contributed by atoms with E-state index in [9.17, 15) is 9.59 Å². The Bertz CT molecular complexity index is 272. The van der Waals surface area contributed by atoms with Gasteiger partial charge in [-0.3, -0.25) is 0 Å². The van der Waals surface area contributed by atoms with E-state index in [1.54, 1.807) is 27.7 Å². The Labute approximate surface area is 101 Å². The number of aliphatic hydroxyl groups excluding tert-OH is 1. The third-order valence-electron chi connectivity index (χ3n) is 1.98. The zero-order valence-electron chi connectivity index (χ0n) is 10.9. The fraction of sp³-hybridized carbons (Fsp3) is 0.818. The van der Waals surface area contributed by atoms with E-state index in [1.807, 2.05) is 0 Å². The number of hydrogen-bond donors (Lipinski definition) is 2. The summed E-state index contributed by atoms with van der Waals surface area (Å²) in [5.41, 5.74) is -0.646. The lowest BCUT2D eigenvalue weighted by molar-refractivity contribution is -0.144. The quantitative estimate of drug-likeness (QED) is 0.714. The summed E-state index contributed by atoms with van der Waals surface area (Å²) in [5, 5.41) is 11.4. The van der Waals surface area contributed by atoms with Gasteiger partial charge in [0.25, 0.3) is 0 Å². The average molecular weight is 247 g/mol. The summed E-state index contributed by atoms with van der Waals surface area (Å²) >= 11 is 0. The topological polar surface area (TPSA) is 84.9 Å². The van der Waals surface area contributed by atoms with Crippen molar-refractivity contribution in [3.63, 3.8) is 0 Å². The Balaban J connectivity index is 4.54. The van der Waals surface area contributed by atoms with Gasteiger partial charge in [0.1, 0.15) is 11.6 Å². The van der Waals surface area contributed by atoms with Crippen LogP contribution in [0.3, 0.4) is 0 Å². The molecule has 0 aromatic heterocycles. The highest BCUT2D eigenvalue weighted by Gasteiger charge is 2.29. The molecule has 0 bridgehead atoms. The van der Waals surface area contributed by atoms with Gasteiger partial charge in [-0.1, -0.05) is 6.92 Å². The fourth-order valence-corrected chi connectivity index (χ4v) is 1.10. The van der Waals surface area contributed by atoms with E-state index in [2.05, 4.69) is 10.1 Å². The fourth-order valence-electron chi connectivity index (χ4n) is 1.10. The number of nitrogens with one attached hydrogen (secondary N) is 1. The Morgan fingerprint density at radius 1 is 1.35 bits per heavy atom. The molecule has 0 fully saturated rings. The molecule has 100 valence electrons. The van der Waals surface area contributed by atoms with Gasteiger partial charge >= 0.3 is 12.1 Å². The molecule has 17 heavy (non-hydrogen) atoms. The number of rotatable bonds is 4. The van der Waals surface area contributed by atoms with Crippen molar-refractivity contribution in [2.45, 2.75) is 39.3 Å². The van der Waals surface area contributed by atoms with Crippen molar-refractivity contribution in [1.29, 1.82) is 0 Å². The van der Waals surface area contributed by atoms with Crippen LogP contribution in [0, 0.1) is 5.92 Å². The van der Waals surface area contributed by atoms with Crippen LogP contribution in [0.5, 0.6) is 0 Å². The molecule has 0 radical (unpaired) electrons. The summed E-state index contributed by atoms with van der Waals surface area (Å²) in [6.45, 7) is 6.54. The monoisotopic (exact) mass is 247 g/mol. The highest BCUT2D eigenvalue weighted by Crippen LogP contribution is 2.09. The number of esters is 1. The molecule has 0 aromatic rings. The van der Waals surface area contributed by atoms with Crippen molar-refractivity contribution in [3.05, 3.63) is 0 Å². The average Bonchev–Trinajstić information content (AvgIpc) is 2.21. The predicted molar refractivity (Wildman–Crippen MR) is 61.4 cm³/mol. The first kappa shape index (κ1) is 15.7. The molecule has 0 aliphatic heterocycles. The van der Waals surface area contributed by atoms with Crippen molar-refractivity contribution < 1.29 is 24.2 Å². The summed E-state index contributed by atoms with van der Waals surface area (Å²) in [6.07, 6.45) is -0.715. The minimum Gasteiger partial charge on any atom is -0.467 e. The van der Waals surface area contributed by atoms with Crippen LogP contribution in [0.25, 0.3) is 0 Å². The molecule has 1 amide bonds. The van der Waals surface area contributed by atoms with Gasteiger partial charge in [0.15, 0.2) is 0 Å². The number of hydrogen-bond acceptors (Lipinski definition) is 5. The van der Waals surface area contributed by atoms with Gasteiger partial charge in [-0.2, -0.15) is 0 Å². The maximum Gasteiger partial charge on any atom is 0.408 e. The van der Waals surface area contributed by atoms with Crippen LogP contribution < -0.4 is 5.32 Å². The van der Waals surface area contributed by atoms with Crippen LogP contribution >= 0.6 is 0 Å². The van der Waals surface area contributed by atoms with Crippen molar-refractivity contribution in [3.8, 4) is 0 Å². The molecule has 6 nitrogen and oxygen atoms in total. The standard InChI is InChI=1S/C11H21NO5/c1-7(6-13)8(9(14)16-5)12-10(15)17-11(2,3)4/h7-8,13H,6H2,1-5H3,(H,12,15). The van der Waals surface area contributed by atoms with Crippen LogP contribution in [-0.4, -0.2) is 42.5 Å². The van der Waals surface area contributed by atoms with E-state index >= 15 is 0 Å². The van der Waals surface area contributed by atoms with E-state index < -0.39 is 29.6 Å². The van der Waals surface area contributed by atoms with Crippen LogP contribution in [0.1, 0.15) is 27.7 Å². The molecule has 0 rings (SSSR count). The molecule has 2 N–H and O–H groups in total. The number of carbonyl (C=O) groups is 2. The lowest BCUT2D eigenvalue weighted by atomic mass is 10.0. The van der Waals surface area contributed by atoms with E-state index in [-0.39, 0.29) is 6.61 Å². The SMILES string of the molecule is COC(=O)C(NC(=O)OC(C)(C)C)C(C)CO. The lowest BCUT2D eigenvalue weighted by Crippen LogP contribution is -2.48. The third kappa shape index (κ3) is 6.11. The molecule has 0 heterocycles. The minimum atomic E-state index is -0.917. The van der Waals surface area contributed by atoms with Crippen LogP contribution in [0.4, 0.5) is 4.79 Å². The number of alkyl carbamates (subject to hydrolysis) is 1. The maximum absolute atomic E-state index is 11.5. The van der Waals surface area contributed by atoms with Gasteiger partial charge < -0.3 is 19.9 Å². The molecular formula is C11H21NO5. The molecule has 2 unspecified atom stereocenters. The third-order valence-corrected chi connectivity index (χ3v) is 1.98. The van der Waals surface area contributed by atoms with Crippen LogP contribution in [0.2, 0.25) is 0 Å². The van der Waals surface area contributed by atoms with Gasteiger partial charge in [-0.15, -0.1) is 0 Å². The first-order valence-corrected chi connectivity index (χ1v) is 5.39. The number of amides is 1. The molecule has 0 spiro atoms. The molecule has 6 heteroatoms. The summed E-state index contributed by atoms with van der Waals surface area (Å²) in [7, 11) is 1.22. The summed E-state index contributed by atoms with van der Waals surface area (Å²) in [4.78, 5) is 22.9. The number of methoxy groups -OCH3 is 1. The molecular weight excluding hydrogens is 226 g/mol. The number of aliphatic hydroxyl groups is 1. The second-order valence-corrected chi connectivity index (χ2v) is 4.81. The largest absolute Gasteiger partial charge is 0.467 e. The Hall–Kier alpha value is -1.30. The number of carbonyl (C=O) groups excluding carboxylic acids is 2. The highest BCUT2D eigenvalue weighted by atomic mass is 16.6. The smallest absolute Gasteiger partial charge is 0.408 e. The number of ether oxygens (including phenoxy) is 2. The van der Waals surface area contributed by atoms with Crippen molar-refractivity contribution in [2.75, 3.05) is 13.7 Å². The molecule has 0 saturated heterocycles. The maximum atomic E-state index is 11.5. The summed E-state index contributed by atoms with van der Waals surface area (Å²) < 4.78 is 9.56. The molecule has 0 aromatic carbocycles. The molecule has 0 aliphatic carbocycles.